The molecule has 0 radical (unpaired) electrons. The number of urea groups is 2. The van der Waals surface area contributed by atoms with Gasteiger partial charge in [0.2, 0.25) is 5.91 Å². The Balaban J connectivity index is 1.09. The fourth-order valence-electron chi connectivity index (χ4n) is 7.32. The number of nitrogens with zero attached hydrogens (tertiary/aromatic N) is 4. The summed E-state index contributed by atoms with van der Waals surface area (Å²) in [6.07, 6.45) is 7.45. The molecule has 13 heteroatoms. The van der Waals surface area contributed by atoms with Gasteiger partial charge in [0.15, 0.2) is 0 Å². The second-order valence-electron chi connectivity index (χ2n) is 12.9. The van der Waals surface area contributed by atoms with Gasteiger partial charge in [-0.15, -0.1) is 0 Å². The third-order valence-electron chi connectivity index (χ3n) is 9.96. The zero-order chi connectivity index (χ0) is 32.4. The molecule has 3 saturated heterocycles. The van der Waals surface area contributed by atoms with E-state index in [1.165, 1.54) is 19.3 Å². The van der Waals surface area contributed by atoms with Crippen LogP contribution >= 0.6 is 47.8 Å². The molecular weight excluding hydrogens is 782 g/mol. The number of benzene rings is 2. The van der Waals surface area contributed by atoms with Crippen LogP contribution in [0.1, 0.15) is 56.1 Å². The number of hydrogen-bond donors (Lipinski definition) is 3. The van der Waals surface area contributed by atoms with Crippen molar-refractivity contribution in [2.75, 3.05) is 50.3 Å². The summed E-state index contributed by atoms with van der Waals surface area (Å²) in [6, 6.07) is 9.21. The molecule has 2 aromatic rings. The number of fused-ring (bicyclic) bond motifs is 1. The Morgan fingerprint density at radius 3 is 2.17 bits per heavy atom. The predicted octanol–water partition coefficient (Wildman–Crippen LogP) is 6.17. The van der Waals surface area contributed by atoms with Crippen LogP contribution < -0.4 is 16.4 Å². The second kappa shape index (κ2) is 14.8. The molecule has 5 amide bonds. The van der Waals surface area contributed by atoms with Gasteiger partial charge >= 0.3 is 12.1 Å². The molecule has 0 saturated carbocycles. The largest absolute Gasteiger partial charge is 0.397 e. The molecule has 4 N–H and O–H groups in total. The van der Waals surface area contributed by atoms with E-state index in [1.54, 1.807) is 4.90 Å². The lowest BCUT2D eigenvalue weighted by molar-refractivity contribution is -0.134. The van der Waals surface area contributed by atoms with Gasteiger partial charge in [-0.1, -0.05) is 22.4 Å². The molecule has 1 atom stereocenters. The second-order valence-corrected chi connectivity index (χ2v) is 15.5. The van der Waals surface area contributed by atoms with E-state index in [-0.39, 0.29) is 24.0 Å². The number of piperidine rings is 3. The first kappa shape index (κ1) is 33.5. The van der Waals surface area contributed by atoms with Gasteiger partial charge in [0, 0.05) is 70.3 Å². The first-order chi connectivity index (χ1) is 22.2. The Bertz CT molecular complexity index is 1430. The minimum absolute atomic E-state index is 0.0271. The van der Waals surface area contributed by atoms with Gasteiger partial charge in [-0.25, -0.2) is 9.59 Å². The number of carbonyl (C=O) groups excluding carboxylic acids is 3. The van der Waals surface area contributed by atoms with Crippen LogP contribution in [0.3, 0.4) is 0 Å². The van der Waals surface area contributed by atoms with Gasteiger partial charge in [-0.3, -0.25) is 4.79 Å². The number of hydrogen-bond acceptors (Lipinski definition) is 5. The van der Waals surface area contributed by atoms with E-state index in [2.05, 4.69) is 63.3 Å². The van der Waals surface area contributed by atoms with Crippen molar-refractivity contribution in [2.24, 2.45) is 0 Å². The van der Waals surface area contributed by atoms with Crippen LogP contribution in [0.2, 0.25) is 0 Å². The molecule has 0 unspecified atom stereocenters. The number of carbonyl (C=O) groups is 3. The lowest BCUT2D eigenvalue weighted by atomic mass is 9.98. The summed E-state index contributed by atoms with van der Waals surface area (Å²) < 4.78 is 2.47. The molecule has 0 aromatic heterocycles. The Labute approximate surface area is 296 Å². The molecule has 4 aliphatic rings. The fraction of sp³-hybridized carbons (Fsp3) is 0.545. The lowest BCUT2D eigenvalue weighted by Crippen LogP contribution is -2.57. The highest BCUT2D eigenvalue weighted by Crippen LogP contribution is 2.32. The first-order valence-electron chi connectivity index (χ1n) is 16.3. The van der Waals surface area contributed by atoms with E-state index >= 15 is 0 Å². The molecule has 248 valence electrons. The van der Waals surface area contributed by atoms with Gasteiger partial charge in [-0.05, 0) is 125 Å². The number of halogens is 3. The van der Waals surface area contributed by atoms with Crippen molar-refractivity contribution in [2.45, 2.75) is 76.0 Å². The normalized spacial score (nSPS) is 20.7. The van der Waals surface area contributed by atoms with E-state index in [4.69, 9.17) is 5.73 Å². The van der Waals surface area contributed by atoms with Crippen LogP contribution in [0.25, 0.3) is 0 Å². The average Bonchev–Trinajstić information content (AvgIpc) is 3.07. The van der Waals surface area contributed by atoms with Crippen molar-refractivity contribution in [3.8, 4) is 0 Å². The number of anilines is 2. The van der Waals surface area contributed by atoms with Gasteiger partial charge < -0.3 is 36.0 Å². The summed E-state index contributed by atoms with van der Waals surface area (Å²) in [5.41, 5.74) is 9.54. The Morgan fingerprint density at radius 1 is 0.870 bits per heavy atom. The average molecular weight is 824 g/mol. The standard InChI is InChI=1S/C33H42Br3N7O3/c34-23-4-5-28-22(19-23)20-43(33(46)38-28)25-8-14-42(15-9-25)32(45)39-29(18-21-16-26(35)30(37)27(36)17-21)31(44)41-12-6-24(7-13-41)40-10-2-1-3-11-40/h4-5,16-17,19,24-25,29H,1-3,6-15,18,20,37H2,(H,38,46)(H,39,45)/t29-/m1/s1. The molecule has 0 spiro atoms. The molecule has 6 rings (SSSR count). The minimum atomic E-state index is -0.706. The smallest absolute Gasteiger partial charge is 0.322 e. The van der Waals surface area contributed by atoms with Gasteiger partial charge in [0.25, 0.3) is 0 Å². The van der Waals surface area contributed by atoms with E-state index in [1.807, 2.05) is 40.1 Å². The highest BCUT2D eigenvalue weighted by Gasteiger charge is 2.36. The number of nitrogens with one attached hydrogen (secondary N) is 2. The summed E-state index contributed by atoms with van der Waals surface area (Å²) in [5.74, 6) is -0.0424. The van der Waals surface area contributed by atoms with Crippen molar-refractivity contribution in [3.05, 3.63) is 54.9 Å². The van der Waals surface area contributed by atoms with Gasteiger partial charge in [-0.2, -0.15) is 0 Å². The maximum absolute atomic E-state index is 14.0. The Morgan fingerprint density at radius 2 is 1.50 bits per heavy atom. The summed E-state index contributed by atoms with van der Waals surface area (Å²) in [4.78, 5) is 48.8. The number of rotatable bonds is 6. The first-order valence-corrected chi connectivity index (χ1v) is 18.7. The molecule has 0 bridgehead atoms. The van der Waals surface area contributed by atoms with Crippen LogP contribution in [0.15, 0.2) is 43.7 Å². The molecule has 10 nitrogen and oxygen atoms in total. The molecular formula is C33H42Br3N7O3. The van der Waals surface area contributed by atoms with Crippen molar-refractivity contribution in [1.29, 1.82) is 0 Å². The summed E-state index contributed by atoms with van der Waals surface area (Å²) in [5, 5.41) is 6.12. The molecule has 4 aliphatic heterocycles. The molecule has 0 aliphatic carbocycles. The number of amides is 5. The van der Waals surface area contributed by atoms with Gasteiger partial charge in [0.05, 0.1) is 5.69 Å². The van der Waals surface area contributed by atoms with E-state index < -0.39 is 6.04 Å². The summed E-state index contributed by atoms with van der Waals surface area (Å²) in [7, 11) is 0. The van der Waals surface area contributed by atoms with Crippen molar-refractivity contribution >= 4 is 77.1 Å². The monoisotopic (exact) mass is 821 g/mol. The highest BCUT2D eigenvalue weighted by molar-refractivity contribution is 9.11. The Hall–Kier alpha value is -2.35. The number of nitrogen functional groups attached to an aromatic ring is 1. The van der Waals surface area contributed by atoms with E-state index in [0.717, 1.165) is 56.2 Å². The SMILES string of the molecule is Nc1c(Br)cc(C[C@@H](NC(=O)N2CCC(N3Cc4cc(Br)ccc4NC3=O)CC2)C(=O)N2CCC(N3CCCCC3)CC2)cc1Br. The van der Waals surface area contributed by atoms with Crippen LogP contribution in [0.5, 0.6) is 0 Å². The van der Waals surface area contributed by atoms with E-state index in [9.17, 15) is 14.4 Å². The topological polar surface area (TPSA) is 114 Å². The van der Waals surface area contributed by atoms with Crippen molar-refractivity contribution in [1.82, 2.24) is 24.9 Å². The minimum Gasteiger partial charge on any atom is -0.397 e. The predicted molar refractivity (Wildman–Crippen MR) is 191 cm³/mol. The van der Waals surface area contributed by atoms with Crippen LogP contribution in [0.4, 0.5) is 21.0 Å². The fourth-order valence-corrected chi connectivity index (χ4v) is 9.01. The lowest BCUT2D eigenvalue weighted by Gasteiger charge is -2.42. The molecule has 46 heavy (non-hydrogen) atoms. The third-order valence-corrected chi connectivity index (χ3v) is 11.8. The van der Waals surface area contributed by atoms with Crippen LogP contribution in [-0.2, 0) is 17.8 Å². The maximum atomic E-state index is 14.0. The van der Waals surface area contributed by atoms with E-state index in [0.29, 0.717) is 63.7 Å². The summed E-state index contributed by atoms with van der Waals surface area (Å²) >= 11 is 10.6. The molecule has 4 heterocycles. The highest BCUT2D eigenvalue weighted by atomic mass is 79.9. The van der Waals surface area contributed by atoms with Crippen molar-refractivity contribution < 1.29 is 14.4 Å². The molecule has 2 aromatic carbocycles. The third kappa shape index (κ3) is 7.68. The summed E-state index contributed by atoms with van der Waals surface area (Å²) in [6.45, 7) is 5.26. The Kier molecular flexibility index (Phi) is 10.8. The zero-order valence-electron chi connectivity index (χ0n) is 26.0. The molecule has 3 fully saturated rings. The quantitative estimate of drug-likeness (QED) is 0.302. The zero-order valence-corrected chi connectivity index (χ0v) is 30.7. The van der Waals surface area contributed by atoms with Crippen molar-refractivity contribution in [3.63, 3.8) is 0 Å². The van der Waals surface area contributed by atoms with Crippen LogP contribution in [-0.4, -0.2) is 95.0 Å². The number of likely N-dealkylation sites (tertiary alicyclic amines) is 3. The maximum Gasteiger partial charge on any atom is 0.322 e. The van der Waals surface area contributed by atoms with Crippen LogP contribution in [0, 0.1) is 0 Å². The number of nitrogens with two attached hydrogens (primary N) is 1. The van der Waals surface area contributed by atoms with Gasteiger partial charge in [0.1, 0.15) is 6.04 Å².